The van der Waals surface area contributed by atoms with Gasteiger partial charge in [0.1, 0.15) is 5.60 Å². The zero-order valence-electron chi connectivity index (χ0n) is 12.8. The van der Waals surface area contributed by atoms with Crippen LogP contribution in [0.3, 0.4) is 0 Å². The minimum Gasteiger partial charge on any atom is -0.494 e. The van der Waals surface area contributed by atoms with Crippen LogP contribution < -0.4 is 33.6 Å². The summed E-state index contributed by atoms with van der Waals surface area (Å²) in [6.45, 7) is 0. The third-order valence-corrected chi connectivity index (χ3v) is 4.12. The van der Waals surface area contributed by atoms with E-state index in [0.717, 1.165) is 0 Å². The Bertz CT molecular complexity index is 759. The summed E-state index contributed by atoms with van der Waals surface area (Å²) >= 11 is 0. The molecule has 1 aromatic heterocycles. The molecule has 2 rings (SSSR count). The summed E-state index contributed by atoms with van der Waals surface area (Å²) in [6.07, 6.45) is 2.58. The molecule has 1 aliphatic rings. The molecular weight excluding hydrogens is 320 g/mol. The molecule has 10 N–H and O–H groups in total. The zero-order valence-corrected chi connectivity index (χ0v) is 12.8. The second-order valence-electron chi connectivity index (χ2n) is 5.64. The Morgan fingerprint density at radius 3 is 2.42 bits per heavy atom. The van der Waals surface area contributed by atoms with Gasteiger partial charge in [-0.3, -0.25) is 25.4 Å². The summed E-state index contributed by atoms with van der Waals surface area (Å²) < 4.78 is 0. The van der Waals surface area contributed by atoms with Crippen molar-refractivity contribution >= 4 is 5.91 Å². The van der Waals surface area contributed by atoms with Gasteiger partial charge < -0.3 is 26.7 Å². The molecule has 1 saturated carbocycles. The summed E-state index contributed by atoms with van der Waals surface area (Å²) in [7, 11) is 0. The molecular formula is C13H20N6O5. The van der Waals surface area contributed by atoms with Crippen LogP contribution in [-0.2, 0) is 0 Å². The van der Waals surface area contributed by atoms with Crippen LogP contribution in [0.2, 0.25) is 0 Å². The fraction of sp³-hybridized carbons (Fsp3) is 0.462. The first-order chi connectivity index (χ1) is 11.3. The number of H-pyrrole nitrogens is 2. The van der Waals surface area contributed by atoms with Crippen LogP contribution in [0.25, 0.3) is 0 Å². The van der Waals surface area contributed by atoms with E-state index < -0.39 is 34.2 Å². The van der Waals surface area contributed by atoms with Crippen LogP contribution >= 0.6 is 0 Å². The first-order valence-corrected chi connectivity index (χ1v) is 7.28. The molecule has 11 heteroatoms. The Balaban J connectivity index is 2.06. The van der Waals surface area contributed by atoms with Crippen LogP contribution in [-0.4, -0.2) is 37.7 Å². The first kappa shape index (κ1) is 17.6. The summed E-state index contributed by atoms with van der Waals surface area (Å²) in [5.41, 5.74) is 4.38. The molecule has 0 aromatic carbocycles. The smallest absolute Gasteiger partial charge is 0.328 e. The van der Waals surface area contributed by atoms with Crippen LogP contribution in [0, 0.1) is 0 Å². The average molecular weight is 340 g/mol. The van der Waals surface area contributed by atoms with Crippen molar-refractivity contribution in [3.05, 3.63) is 38.3 Å². The number of nitrogens with two attached hydrogens (primary N) is 2. The number of hydrogen-bond acceptors (Lipinski definition) is 8. The van der Waals surface area contributed by atoms with Crippen LogP contribution in [0.4, 0.5) is 0 Å². The molecule has 1 heterocycles. The Labute approximate surface area is 135 Å². The second kappa shape index (κ2) is 6.76. The molecule has 1 aliphatic carbocycles. The Kier molecular flexibility index (Phi) is 4.95. The Morgan fingerprint density at radius 1 is 1.29 bits per heavy atom. The van der Waals surface area contributed by atoms with Crippen LogP contribution in [0.15, 0.2) is 21.5 Å². The number of rotatable bonds is 4. The van der Waals surface area contributed by atoms with E-state index in [4.69, 9.17) is 11.6 Å². The van der Waals surface area contributed by atoms with Gasteiger partial charge in [0, 0.05) is 12.2 Å². The lowest BCUT2D eigenvalue weighted by Crippen LogP contribution is -2.48. The third-order valence-electron chi connectivity index (χ3n) is 4.12. The highest BCUT2D eigenvalue weighted by Gasteiger charge is 2.37. The maximum Gasteiger partial charge on any atom is 0.328 e. The molecule has 1 amide bonds. The number of aromatic hydroxyl groups is 1. The number of aromatic amines is 2. The zero-order chi connectivity index (χ0) is 17.9. The van der Waals surface area contributed by atoms with Gasteiger partial charge >= 0.3 is 5.69 Å². The quantitative estimate of drug-likeness (QED) is 0.216. The maximum atomic E-state index is 12.1. The van der Waals surface area contributed by atoms with E-state index in [1.807, 2.05) is 9.97 Å². The van der Waals surface area contributed by atoms with E-state index in [1.165, 1.54) is 6.20 Å². The summed E-state index contributed by atoms with van der Waals surface area (Å²) in [6, 6.07) is -0.319. The molecule has 24 heavy (non-hydrogen) atoms. The highest BCUT2D eigenvalue weighted by atomic mass is 16.3. The lowest BCUT2D eigenvalue weighted by molar-refractivity contribution is 0.0239. The van der Waals surface area contributed by atoms with Gasteiger partial charge in [0.05, 0.1) is 5.70 Å². The molecule has 0 bridgehead atoms. The number of hydrogen-bond donors (Lipinski definition) is 8. The van der Waals surface area contributed by atoms with Crippen molar-refractivity contribution in [2.45, 2.75) is 37.3 Å². The summed E-state index contributed by atoms with van der Waals surface area (Å²) in [4.78, 5) is 38.6. The topological polar surface area (TPSA) is 199 Å². The van der Waals surface area contributed by atoms with Gasteiger partial charge in [0.15, 0.2) is 5.56 Å². The molecule has 0 aliphatic heterocycles. The minimum absolute atomic E-state index is 0.291. The van der Waals surface area contributed by atoms with Gasteiger partial charge in [-0.1, -0.05) is 0 Å². The number of amides is 1. The third kappa shape index (κ3) is 3.41. The highest BCUT2D eigenvalue weighted by Crippen LogP contribution is 2.32. The van der Waals surface area contributed by atoms with E-state index in [0.29, 0.717) is 31.4 Å². The van der Waals surface area contributed by atoms with Crippen LogP contribution in [0.5, 0.6) is 5.88 Å². The van der Waals surface area contributed by atoms with Crippen molar-refractivity contribution in [2.24, 2.45) is 11.6 Å². The molecule has 1 fully saturated rings. The fourth-order valence-corrected chi connectivity index (χ4v) is 2.79. The molecule has 0 atom stereocenters. The fourth-order valence-electron chi connectivity index (χ4n) is 2.79. The molecule has 11 nitrogen and oxygen atoms in total. The van der Waals surface area contributed by atoms with E-state index >= 15 is 0 Å². The van der Waals surface area contributed by atoms with Crippen molar-refractivity contribution in [3.8, 4) is 5.88 Å². The number of carbonyl (C=O) groups excluding carboxylic acids is 1. The Morgan fingerprint density at radius 2 is 1.92 bits per heavy atom. The monoisotopic (exact) mass is 340 g/mol. The van der Waals surface area contributed by atoms with Crippen molar-refractivity contribution in [1.29, 1.82) is 0 Å². The molecule has 0 saturated heterocycles. The molecule has 0 radical (unpaired) electrons. The van der Waals surface area contributed by atoms with Gasteiger partial charge in [-0.05, 0) is 25.7 Å². The predicted molar refractivity (Wildman–Crippen MR) is 83.6 cm³/mol. The van der Waals surface area contributed by atoms with Gasteiger partial charge in [-0.25, -0.2) is 4.79 Å². The minimum atomic E-state index is -1.21. The van der Waals surface area contributed by atoms with E-state index in [-0.39, 0.29) is 6.04 Å². The average Bonchev–Trinajstić information content (AvgIpc) is 2.50. The molecule has 0 unspecified atom stereocenters. The van der Waals surface area contributed by atoms with Crippen molar-refractivity contribution in [1.82, 2.24) is 20.7 Å². The number of carbonyl (C=O) groups is 1. The van der Waals surface area contributed by atoms with Gasteiger partial charge in [-0.15, -0.1) is 0 Å². The first-order valence-electron chi connectivity index (χ1n) is 7.28. The van der Waals surface area contributed by atoms with Gasteiger partial charge in [0.25, 0.3) is 11.5 Å². The standard InChI is InChI=1S/C13H20N6O5/c14-5-7(19-15)13(24)3-1-6(2-4-13)16-9(20)8-10(21)17-12(23)18-11(8)22/h5-6,19,24H,1-4,14-15H2,(H,16,20)(H3,17,18,21,22,23)/b7-5-. The highest BCUT2D eigenvalue weighted by molar-refractivity contribution is 5.95. The van der Waals surface area contributed by atoms with Crippen molar-refractivity contribution in [2.75, 3.05) is 0 Å². The SMILES string of the molecule is N/C=C(\NN)C1(O)CCC(NC(=O)c2c(O)[nH]c(=O)[nH]c2=O)CC1. The Hall–Kier alpha value is -2.79. The second-order valence-corrected chi connectivity index (χ2v) is 5.64. The number of hydrazine groups is 1. The van der Waals surface area contributed by atoms with Crippen molar-refractivity contribution in [3.63, 3.8) is 0 Å². The van der Waals surface area contributed by atoms with E-state index in [1.54, 1.807) is 0 Å². The lowest BCUT2D eigenvalue weighted by atomic mass is 9.80. The largest absolute Gasteiger partial charge is 0.494 e. The van der Waals surface area contributed by atoms with Gasteiger partial charge in [-0.2, -0.15) is 0 Å². The van der Waals surface area contributed by atoms with Crippen LogP contribution in [0.1, 0.15) is 36.0 Å². The maximum absolute atomic E-state index is 12.1. The molecule has 132 valence electrons. The summed E-state index contributed by atoms with van der Waals surface area (Å²) in [5.74, 6) is 3.70. The number of nitrogens with one attached hydrogen (secondary N) is 4. The molecule has 0 spiro atoms. The van der Waals surface area contributed by atoms with E-state index in [9.17, 15) is 24.6 Å². The van der Waals surface area contributed by atoms with Gasteiger partial charge in [0.2, 0.25) is 5.88 Å². The lowest BCUT2D eigenvalue weighted by Gasteiger charge is -2.37. The molecule has 1 aromatic rings. The van der Waals surface area contributed by atoms with E-state index in [2.05, 4.69) is 10.7 Å². The van der Waals surface area contributed by atoms with Crippen molar-refractivity contribution < 1.29 is 15.0 Å². The predicted octanol–water partition coefficient (Wildman–Crippen LogP) is -2.56. The number of aromatic nitrogens is 2. The number of aliphatic hydroxyl groups is 1. The summed E-state index contributed by atoms with van der Waals surface area (Å²) in [5, 5.41) is 22.6. The normalized spacial score (nSPS) is 24.4.